The Balaban J connectivity index is 2.17. The minimum absolute atomic E-state index is 0.218. The van der Waals surface area contributed by atoms with Crippen LogP contribution in [-0.2, 0) is 0 Å². The Kier molecular flexibility index (Phi) is 2.95. The van der Waals surface area contributed by atoms with E-state index in [0.717, 1.165) is 5.56 Å². The molecule has 0 aliphatic heterocycles. The number of anilines is 2. The lowest BCUT2D eigenvalue weighted by Crippen LogP contribution is -2.15. The first-order valence-electron chi connectivity index (χ1n) is 4.96. The fourth-order valence-electron chi connectivity index (χ4n) is 1.26. The second-order valence-corrected chi connectivity index (χ2v) is 3.47. The summed E-state index contributed by atoms with van der Waals surface area (Å²) in [7, 11) is 0. The molecule has 0 saturated heterocycles. The number of nitrogen functional groups attached to an aromatic ring is 1. The van der Waals surface area contributed by atoms with E-state index >= 15 is 0 Å². The highest BCUT2D eigenvalue weighted by atomic mass is 16.1. The second kappa shape index (κ2) is 4.56. The monoisotopic (exact) mass is 229 g/mol. The molecule has 0 unspecified atom stereocenters. The zero-order chi connectivity index (χ0) is 12.3. The summed E-state index contributed by atoms with van der Waals surface area (Å²) < 4.78 is 0. The number of aromatic nitrogens is 3. The Labute approximate surface area is 97.9 Å². The summed E-state index contributed by atoms with van der Waals surface area (Å²) in [5.41, 5.74) is 7.18. The highest BCUT2D eigenvalue weighted by molar-refractivity contribution is 6.03. The molecule has 0 atom stereocenters. The van der Waals surface area contributed by atoms with Crippen LogP contribution < -0.4 is 11.1 Å². The number of nitrogens with zero attached hydrogens (tertiary/aromatic N) is 3. The molecule has 1 amide bonds. The maximum atomic E-state index is 11.8. The van der Waals surface area contributed by atoms with Crippen molar-refractivity contribution in [2.24, 2.45) is 0 Å². The van der Waals surface area contributed by atoms with Crippen molar-refractivity contribution in [1.29, 1.82) is 0 Å². The van der Waals surface area contributed by atoms with Gasteiger partial charge in [-0.05, 0) is 18.6 Å². The minimum Gasteiger partial charge on any atom is -0.382 e. The predicted molar refractivity (Wildman–Crippen MR) is 63.4 cm³/mol. The van der Waals surface area contributed by atoms with Crippen LogP contribution in [0.2, 0.25) is 0 Å². The third-order valence-electron chi connectivity index (χ3n) is 2.17. The molecule has 3 N–H and O–H groups in total. The standard InChI is InChI=1S/C11H11N5O/c1-7-4-13-3-2-8(7)16-11(17)9-5-15-10(12)6-14-9/h2-6H,1H3,(H2,12,15)(H,13,16,17). The van der Waals surface area contributed by atoms with Crippen molar-refractivity contribution < 1.29 is 4.79 Å². The van der Waals surface area contributed by atoms with Gasteiger partial charge >= 0.3 is 0 Å². The number of carbonyl (C=O) groups excluding carboxylic acids is 1. The number of nitrogens with two attached hydrogens (primary N) is 1. The van der Waals surface area contributed by atoms with Gasteiger partial charge in [-0.15, -0.1) is 0 Å². The van der Waals surface area contributed by atoms with Crippen molar-refractivity contribution in [1.82, 2.24) is 15.0 Å². The number of rotatable bonds is 2. The number of amides is 1. The van der Waals surface area contributed by atoms with Gasteiger partial charge in [-0.1, -0.05) is 0 Å². The lowest BCUT2D eigenvalue weighted by Gasteiger charge is -2.06. The van der Waals surface area contributed by atoms with E-state index in [1.807, 2.05) is 6.92 Å². The number of carbonyl (C=O) groups is 1. The van der Waals surface area contributed by atoms with Crippen LogP contribution >= 0.6 is 0 Å². The molecule has 0 bridgehead atoms. The number of pyridine rings is 1. The molecule has 0 saturated carbocycles. The smallest absolute Gasteiger partial charge is 0.275 e. The molecule has 2 rings (SSSR count). The highest BCUT2D eigenvalue weighted by Crippen LogP contribution is 2.12. The van der Waals surface area contributed by atoms with Crippen LogP contribution in [0.5, 0.6) is 0 Å². The Hall–Kier alpha value is -2.50. The molecule has 0 aliphatic rings. The van der Waals surface area contributed by atoms with Gasteiger partial charge < -0.3 is 11.1 Å². The van der Waals surface area contributed by atoms with E-state index in [1.165, 1.54) is 12.4 Å². The van der Waals surface area contributed by atoms with E-state index in [1.54, 1.807) is 18.5 Å². The van der Waals surface area contributed by atoms with Gasteiger partial charge in [0.05, 0.1) is 12.4 Å². The first-order valence-corrected chi connectivity index (χ1v) is 4.96. The largest absolute Gasteiger partial charge is 0.382 e. The normalized spacial score (nSPS) is 9.94. The fourth-order valence-corrected chi connectivity index (χ4v) is 1.26. The van der Waals surface area contributed by atoms with E-state index < -0.39 is 0 Å². The van der Waals surface area contributed by atoms with Crippen LogP contribution in [0.3, 0.4) is 0 Å². The van der Waals surface area contributed by atoms with Crippen molar-refractivity contribution in [2.75, 3.05) is 11.1 Å². The summed E-state index contributed by atoms with van der Waals surface area (Å²) in [6.07, 6.45) is 5.96. The van der Waals surface area contributed by atoms with Gasteiger partial charge in [0.2, 0.25) is 0 Å². The SMILES string of the molecule is Cc1cnccc1NC(=O)c1cnc(N)cn1. The zero-order valence-corrected chi connectivity index (χ0v) is 9.21. The maximum absolute atomic E-state index is 11.8. The lowest BCUT2D eigenvalue weighted by atomic mass is 10.2. The number of hydrogen-bond donors (Lipinski definition) is 2. The molecule has 86 valence electrons. The summed E-state index contributed by atoms with van der Waals surface area (Å²) in [6, 6.07) is 1.72. The summed E-state index contributed by atoms with van der Waals surface area (Å²) in [6.45, 7) is 1.86. The number of nitrogens with one attached hydrogen (secondary N) is 1. The molecule has 0 aliphatic carbocycles. The Bertz CT molecular complexity index is 538. The van der Waals surface area contributed by atoms with Gasteiger partial charge in [0.1, 0.15) is 11.5 Å². The summed E-state index contributed by atoms with van der Waals surface area (Å²) in [4.78, 5) is 23.4. The Morgan fingerprint density at radius 2 is 2.12 bits per heavy atom. The third-order valence-corrected chi connectivity index (χ3v) is 2.17. The van der Waals surface area contributed by atoms with Crippen molar-refractivity contribution in [3.63, 3.8) is 0 Å². The van der Waals surface area contributed by atoms with E-state index in [4.69, 9.17) is 5.73 Å². The molecule has 17 heavy (non-hydrogen) atoms. The molecule has 2 heterocycles. The van der Waals surface area contributed by atoms with Gasteiger partial charge in [0.15, 0.2) is 0 Å². The predicted octanol–water partition coefficient (Wildman–Crippen LogP) is 1.01. The van der Waals surface area contributed by atoms with Crippen LogP contribution in [0.1, 0.15) is 16.1 Å². The first-order chi connectivity index (χ1) is 8.16. The van der Waals surface area contributed by atoms with Crippen LogP contribution in [0.25, 0.3) is 0 Å². The van der Waals surface area contributed by atoms with Crippen molar-refractivity contribution in [3.05, 3.63) is 42.1 Å². The molecular weight excluding hydrogens is 218 g/mol. The van der Waals surface area contributed by atoms with Crippen molar-refractivity contribution >= 4 is 17.4 Å². The van der Waals surface area contributed by atoms with E-state index in [9.17, 15) is 4.79 Å². The van der Waals surface area contributed by atoms with Crippen molar-refractivity contribution in [3.8, 4) is 0 Å². The van der Waals surface area contributed by atoms with Crippen LogP contribution in [-0.4, -0.2) is 20.9 Å². The van der Waals surface area contributed by atoms with E-state index in [0.29, 0.717) is 5.69 Å². The molecule has 2 aromatic heterocycles. The topological polar surface area (TPSA) is 93.8 Å². The van der Waals surface area contributed by atoms with Gasteiger partial charge in [-0.3, -0.25) is 9.78 Å². The summed E-state index contributed by atoms with van der Waals surface area (Å²) in [5.74, 6) is -0.0477. The average molecular weight is 229 g/mol. The summed E-state index contributed by atoms with van der Waals surface area (Å²) in [5, 5.41) is 2.72. The number of aryl methyl sites for hydroxylation is 1. The van der Waals surface area contributed by atoms with Gasteiger partial charge in [0.25, 0.3) is 5.91 Å². The maximum Gasteiger partial charge on any atom is 0.275 e. The van der Waals surface area contributed by atoms with E-state index in [2.05, 4.69) is 20.3 Å². The van der Waals surface area contributed by atoms with Crippen LogP contribution in [0, 0.1) is 6.92 Å². The van der Waals surface area contributed by atoms with Crippen molar-refractivity contribution in [2.45, 2.75) is 6.92 Å². The zero-order valence-electron chi connectivity index (χ0n) is 9.21. The average Bonchev–Trinajstić information content (AvgIpc) is 2.33. The molecule has 0 spiro atoms. The molecular formula is C11H11N5O. The highest BCUT2D eigenvalue weighted by Gasteiger charge is 2.09. The molecule has 0 aromatic carbocycles. The summed E-state index contributed by atoms with van der Waals surface area (Å²) >= 11 is 0. The first kappa shape index (κ1) is 11.0. The van der Waals surface area contributed by atoms with E-state index in [-0.39, 0.29) is 17.4 Å². The molecule has 6 heteroatoms. The molecule has 0 fully saturated rings. The van der Waals surface area contributed by atoms with Crippen LogP contribution in [0.4, 0.5) is 11.5 Å². The van der Waals surface area contributed by atoms with Gasteiger partial charge in [0, 0.05) is 18.1 Å². The lowest BCUT2D eigenvalue weighted by molar-refractivity contribution is 0.102. The van der Waals surface area contributed by atoms with Crippen LogP contribution in [0.15, 0.2) is 30.9 Å². The minimum atomic E-state index is -0.327. The molecule has 6 nitrogen and oxygen atoms in total. The van der Waals surface area contributed by atoms with Gasteiger partial charge in [-0.2, -0.15) is 0 Å². The second-order valence-electron chi connectivity index (χ2n) is 3.47. The third kappa shape index (κ3) is 2.54. The number of hydrogen-bond acceptors (Lipinski definition) is 5. The Morgan fingerprint density at radius 3 is 2.76 bits per heavy atom. The molecule has 0 radical (unpaired) electrons. The molecule has 2 aromatic rings. The van der Waals surface area contributed by atoms with Gasteiger partial charge in [-0.25, -0.2) is 9.97 Å². The Morgan fingerprint density at radius 1 is 1.29 bits per heavy atom. The quantitative estimate of drug-likeness (QED) is 0.801. The fraction of sp³-hybridized carbons (Fsp3) is 0.0909.